The Labute approximate surface area is 588 Å². The molecule has 3 N–H and O–H groups in total. The molecule has 0 aliphatic rings. The lowest BCUT2D eigenvalue weighted by atomic mass is 10.0. The maximum atomic E-state index is 13.1. The Hall–Kier alpha value is -1.94. The number of phosphoric acid groups is 2. The highest BCUT2D eigenvalue weighted by Crippen LogP contribution is 2.45. The predicted molar refractivity (Wildman–Crippen MR) is 391 cm³/mol. The molecule has 19 heteroatoms. The van der Waals surface area contributed by atoms with Crippen molar-refractivity contribution in [1.82, 2.24) is 0 Å². The number of phosphoric ester groups is 2. The van der Waals surface area contributed by atoms with E-state index in [2.05, 4.69) is 34.6 Å². The van der Waals surface area contributed by atoms with Crippen LogP contribution in [-0.2, 0) is 65.4 Å². The van der Waals surface area contributed by atoms with E-state index in [-0.39, 0.29) is 25.7 Å². The molecule has 0 aromatic carbocycles. The molecule has 0 rings (SSSR count). The van der Waals surface area contributed by atoms with E-state index in [0.717, 1.165) is 96.3 Å². The minimum Gasteiger partial charge on any atom is -0.462 e. The first-order valence-electron chi connectivity index (χ1n) is 40.1. The molecule has 5 atom stereocenters. The van der Waals surface area contributed by atoms with Gasteiger partial charge < -0.3 is 33.8 Å². The largest absolute Gasteiger partial charge is 0.472 e. The molecule has 0 heterocycles. The van der Waals surface area contributed by atoms with E-state index in [1.807, 2.05) is 0 Å². The molecular weight excluding hydrogens is 1260 g/mol. The highest BCUT2D eigenvalue weighted by Gasteiger charge is 2.30. The van der Waals surface area contributed by atoms with E-state index in [1.54, 1.807) is 0 Å². The second-order valence-electron chi connectivity index (χ2n) is 28.2. The monoisotopic (exact) mass is 1410 g/mol. The fraction of sp³-hybridized carbons (Fsp3) is 0.948. The van der Waals surface area contributed by atoms with Crippen molar-refractivity contribution in [2.45, 2.75) is 425 Å². The second kappa shape index (κ2) is 70.1. The standard InChI is InChI=1S/C77H150O17P2/c1-6-9-12-15-18-21-24-27-29-31-32-34-36-39-42-47-53-58-63-77(82)93-72(66-87-74(79)60-55-50-45-40-38-35-33-30-28-25-22-19-16-13-10-7-2)68-91-95(83,84)89-64-71(78)65-90-96(85,86)92-69-73(67-88-75(80)61-56-51-48-43-44-49-54-59-70(4)5)94-76(81)62-57-52-46-41-37-26-23-20-17-14-11-8-3/h70-73,78H,6-69H2,1-5H3,(H,83,84)(H,85,86)/t71-,72-,73-/m1/s1. The van der Waals surface area contributed by atoms with Gasteiger partial charge in [0.1, 0.15) is 19.3 Å². The molecule has 0 saturated heterocycles. The summed E-state index contributed by atoms with van der Waals surface area (Å²) in [5, 5.41) is 10.6. The Balaban J connectivity index is 5.23. The summed E-state index contributed by atoms with van der Waals surface area (Å²) in [5.74, 6) is -1.41. The number of carbonyl (C=O) groups is 4. The highest BCUT2D eigenvalue weighted by molar-refractivity contribution is 7.47. The zero-order valence-electron chi connectivity index (χ0n) is 62.5. The predicted octanol–water partition coefficient (Wildman–Crippen LogP) is 22.9. The van der Waals surface area contributed by atoms with Crippen LogP contribution < -0.4 is 0 Å². The van der Waals surface area contributed by atoms with Crippen LogP contribution in [0.3, 0.4) is 0 Å². The van der Waals surface area contributed by atoms with Crippen molar-refractivity contribution in [3.63, 3.8) is 0 Å². The average molecular weight is 1410 g/mol. The number of aliphatic hydroxyl groups excluding tert-OH is 1. The maximum Gasteiger partial charge on any atom is 0.472 e. The molecule has 0 aromatic rings. The van der Waals surface area contributed by atoms with Crippen LogP contribution >= 0.6 is 15.6 Å². The molecule has 0 bridgehead atoms. The molecule has 0 radical (unpaired) electrons. The van der Waals surface area contributed by atoms with Gasteiger partial charge >= 0.3 is 39.5 Å². The smallest absolute Gasteiger partial charge is 0.462 e. The van der Waals surface area contributed by atoms with Crippen molar-refractivity contribution >= 4 is 39.5 Å². The van der Waals surface area contributed by atoms with Crippen molar-refractivity contribution in [2.75, 3.05) is 39.6 Å². The van der Waals surface area contributed by atoms with Crippen molar-refractivity contribution in [3.8, 4) is 0 Å². The van der Waals surface area contributed by atoms with E-state index in [0.29, 0.717) is 31.6 Å². The number of carbonyl (C=O) groups excluding carboxylic acids is 4. The summed E-state index contributed by atoms with van der Waals surface area (Å²) >= 11 is 0. The summed E-state index contributed by atoms with van der Waals surface area (Å²) in [5.41, 5.74) is 0. The first-order chi connectivity index (χ1) is 46.5. The third-order valence-electron chi connectivity index (χ3n) is 18.0. The van der Waals surface area contributed by atoms with Crippen LogP contribution in [0.4, 0.5) is 0 Å². The Morgan fingerprint density at radius 3 is 0.708 bits per heavy atom. The third kappa shape index (κ3) is 70.5. The molecule has 0 aliphatic heterocycles. The summed E-state index contributed by atoms with van der Waals surface area (Å²) in [7, 11) is -9.91. The van der Waals surface area contributed by atoms with Crippen molar-refractivity contribution in [3.05, 3.63) is 0 Å². The normalized spacial score (nSPS) is 13.9. The van der Waals surface area contributed by atoms with Gasteiger partial charge in [-0.05, 0) is 31.6 Å². The number of unbranched alkanes of at least 4 members (excludes halogenated alkanes) is 49. The number of esters is 4. The van der Waals surface area contributed by atoms with E-state index in [9.17, 15) is 43.2 Å². The lowest BCUT2D eigenvalue weighted by molar-refractivity contribution is -0.161. The molecule has 0 saturated carbocycles. The molecule has 0 aliphatic carbocycles. The van der Waals surface area contributed by atoms with E-state index < -0.39 is 97.5 Å². The van der Waals surface area contributed by atoms with Gasteiger partial charge in [0.15, 0.2) is 12.2 Å². The van der Waals surface area contributed by atoms with Crippen molar-refractivity contribution < 1.29 is 80.2 Å². The first-order valence-corrected chi connectivity index (χ1v) is 43.1. The SMILES string of the molecule is CCCCCCCCCCCCCCCCCCCCC(=O)O[C@H](COC(=O)CCCCCCCCCCCCCCCCCC)COP(=O)(O)OC[C@@H](O)COP(=O)(O)OC[C@@H](COC(=O)CCCCCCCCCC(C)C)OC(=O)CCCCCCCCCCCCCC. The maximum absolute atomic E-state index is 13.1. The number of hydrogen-bond donors (Lipinski definition) is 3. The lowest BCUT2D eigenvalue weighted by Gasteiger charge is -2.21. The zero-order chi connectivity index (χ0) is 70.5. The molecule has 2 unspecified atom stereocenters. The Morgan fingerprint density at radius 1 is 0.281 bits per heavy atom. The van der Waals surface area contributed by atoms with Gasteiger partial charge in [0.2, 0.25) is 0 Å². The van der Waals surface area contributed by atoms with Crippen LogP contribution in [-0.4, -0.2) is 96.7 Å². The Kier molecular flexibility index (Phi) is 68.7. The highest BCUT2D eigenvalue weighted by atomic mass is 31.2. The molecular formula is C77H150O17P2. The molecule has 17 nitrogen and oxygen atoms in total. The summed E-state index contributed by atoms with van der Waals surface area (Å²) in [6.45, 7) is 7.25. The van der Waals surface area contributed by atoms with Crippen molar-refractivity contribution in [1.29, 1.82) is 0 Å². The van der Waals surface area contributed by atoms with E-state index in [4.69, 9.17) is 37.0 Å². The van der Waals surface area contributed by atoms with Crippen LogP contribution in [0.5, 0.6) is 0 Å². The van der Waals surface area contributed by atoms with Gasteiger partial charge in [-0.3, -0.25) is 37.3 Å². The van der Waals surface area contributed by atoms with Gasteiger partial charge in [0.05, 0.1) is 26.4 Å². The van der Waals surface area contributed by atoms with Crippen LogP contribution in [0.2, 0.25) is 0 Å². The zero-order valence-corrected chi connectivity index (χ0v) is 64.3. The van der Waals surface area contributed by atoms with Gasteiger partial charge in [-0.1, -0.05) is 356 Å². The molecule has 96 heavy (non-hydrogen) atoms. The summed E-state index contributed by atoms with van der Waals surface area (Å²) in [6.07, 6.45) is 59.7. The fourth-order valence-corrected chi connectivity index (χ4v) is 13.5. The van der Waals surface area contributed by atoms with Crippen molar-refractivity contribution in [2.24, 2.45) is 5.92 Å². The summed E-state index contributed by atoms with van der Waals surface area (Å²) in [6, 6.07) is 0. The molecule has 570 valence electrons. The number of aliphatic hydroxyl groups is 1. The summed E-state index contributed by atoms with van der Waals surface area (Å²) in [4.78, 5) is 72.8. The molecule has 0 aromatic heterocycles. The summed E-state index contributed by atoms with van der Waals surface area (Å²) < 4.78 is 68.6. The van der Waals surface area contributed by atoms with Gasteiger partial charge in [-0.15, -0.1) is 0 Å². The van der Waals surface area contributed by atoms with Gasteiger partial charge in [-0.25, -0.2) is 9.13 Å². The van der Waals surface area contributed by atoms with Crippen LogP contribution in [0.15, 0.2) is 0 Å². The van der Waals surface area contributed by atoms with Crippen LogP contribution in [0, 0.1) is 5.92 Å². The minimum atomic E-state index is -4.96. The van der Waals surface area contributed by atoms with Gasteiger partial charge in [-0.2, -0.15) is 0 Å². The third-order valence-corrected chi connectivity index (χ3v) is 19.9. The van der Waals surface area contributed by atoms with E-state index in [1.165, 1.54) is 225 Å². The molecule has 0 spiro atoms. The Morgan fingerprint density at radius 2 is 0.479 bits per heavy atom. The van der Waals surface area contributed by atoms with Gasteiger partial charge in [0.25, 0.3) is 0 Å². The van der Waals surface area contributed by atoms with Gasteiger partial charge in [0, 0.05) is 25.7 Å². The number of rotatable bonds is 77. The van der Waals surface area contributed by atoms with Crippen LogP contribution in [0.1, 0.15) is 407 Å². The average Bonchev–Trinajstić information content (AvgIpc) is 1.39. The molecule has 0 fully saturated rings. The minimum absolute atomic E-state index is 0.107. The topological polar surface area (TPSA) is 237 Å². The molecule has 0 amide bonds. The second-order valence-corrected chi connectivity index (χ2v) is 31.1. The quantitative estimate of drug-likeness (QED) is 0.0222. The Bertz CT molecular complexity index is 1840. The number of ether oxygens (including phenoxy) is 4. The fourth-order valence-electron chi connectivity index (χ4n) is 11.9. The lowest BCUT2D eigenvalue weighted by Crippen LogP contribution is -2.30. The van der Waals surface area contributed by atoms with Crippen LogP contribution in [0.25, 0.3) is 0 Å². The number of hydrogen-bond acceptors (Lipinski definition) is 15. The first kappa shape index (κ1) is 94.1. The van der Waals surface area contributed by atoms with E-state index >= 15 is 0 Å².